The van der Waals surface area contributed by atoms with E-state index in [0.29, 0.717) is 12.0 Å². The van der Waals surface area contributed by atoms with Gasteiger partial charge in [0.25, 0.3) is 0 Å². The molecule has 0 aromatic heterocycles. The normalized spacial score (nSPS) is 19.1. The first-order chi connectivity index (χ1) is 7.84. The lowest BCUT2D eigenvalue weighted by Gasteiger charge is -2.28. The SMILES string of the molecule is CC(C)CCN(CC(CN)C(F)(F)F)C1CC1. The minimum absolute atomic E-state index is 0.0669. The van der Waals surface area contributed by atoms with Gasteiger partial charge in [0.2, 0.25) is 0 Å². The molecule has 5 heteroatoms. The van der Waals surface area contributed by atoms with Crippen LogP contribution in [0.2, 0.25) is 0 Å². The predicted octanol–water partition coefficient (Wildman–Crippen LogP) is 2.63. The van der Waals surface area contributed by atoms with Gasteiger partial charge >= 0.3 is 6.18 Å². The molecule has 1 rings (SSSR count). The number of hydrogen-bond acceptors (Lipinski definition) is 2. The van der Waals surface area contributed by atoms with Gasteiger partial charge in [-0.25, -0.2) is 0 Å². The summed E-state index contributed by atoms with van der Waals surface area (Å²) in [6.45, 7) is 4.70. The third-order valence-electron chi connectivity index (χ3n) is 3.26. The van der Waals surface area contributed by atoms with E-state index in [1.54, 1.807) is 0 Å². The second kappa shape index (κ2) is 6.05. The van der Waals surface area contributed by atoms with Gasteiger partial charge in [-0.15, -0.1) is 0 Å². The summed E-state index contributed by atoms with van der Waals surface area (Å²) >= 11 is 0. The Morgan fingerprint density at radius 1 is 1.29 bits per heavy atom. The Kier molecular flexibility index (Phi) is 5.25. The molecule has 1 fully saturated rings. The molecule has 0 aliphatic heterocycles. The average molecular weight is 252 g/mol. The minimum Gasteiger partial charge on any atom is -0.330 e. The van der Waals surface area contributed by atoms with E-state index in [4.69, 9.17) is 5.73 Å². The summed E-state index contributed by atoms with van der Waals surface area (Å²) in [7, 11) is 0. The summed E-state index contributed by atoms with van der Waals surface area (Å²) < 4.78 is 38.0. The zero-order valence-electron chi connectivity index (χ0n) is 10.6. The fraction of sp³-hybridized carbons (Fsp3) is 1.00. The van der Waals surface area contributed by atoms with E-state index in [-0.39, 0.29) is 13.1 Å². The van der Waals surface area contributed by atoms with E-state index in [1.165, 1.54) is 0 Å². The lowest BCUT2D eigenvalue weighted by molar-refractivity contribution is -0.176. The van der Waals surface area contributed by atoms with E-state index < -0.39 is 12.1 Å². The molecular formula is C12H23F3N2. The molecule has 2 N–H and O–H groups in total. The van der Waals surface area contributed by atoms with Crippen LogP contribution in [-0.2, 0) is 0 Å². The van der Waals surface area contributed by atoms with Crippen molar-refractivity contribution in [2.45, 2.75) is 45.3 Å². The van der Waals surface area contributed by atoms with Crippen molar-refractivity contribution in [3.8, 4) is 0 Å². The Bertz CT molecular complexity index is 224. The maximum Gasteiger partial charge on any atom is 0.394 e. The van der Waals surface area contributed by atoms with E-state index in [1.807, 2.05) is 4.90 Å². The average Bonchev–Trinajstić information content (AvgIpc) is 2.99. The molecule has 1 unspecified atom stereocenters. The monoisotopic (exact) mass is 252 g/mol. The summed E-state index contributed by atoms with van der Waals surface area (Å²) in [6.07, 6.45) is -1.15. The van der Waals surface area contributed by atoms with Crippen LogP contribution in [0, 0.1) is 11.8 Å². The molecule has 1 atom stereocenters. The van der Waals surface area contributed by atoms with Crippen LogP contribution >= 0.6 is 0 Å². The Morgan fingerprint density at radius 3 is 2.24 bits per heavy atom. The summed E-state index contributed by atoms with van der Waals surface area (Å²) in [5.41, 5.74) is 5.24. The minimum atomic E-state index is -4.17. The van der Waals surface area contributed by atoms with Gasteiger partial charge in [-0.2, -0.15) is 13.2 Å². The summed E-state index contributed by atoms with van der Waals surface area (Å²) in [5, 5.41) is 0. The fourth-order valence-corrected chi connectivity index (χ4v) is 1.88. The van der Waals surface area contributed by atoms with Gasteiger partial charge in [-0.3, -0.25) is 4.90 Å². The topological polar surface area (TPSA) is 29.3 Å². The van der Waals surface area contributed by atoms with Gasteiger partial charge in [-0.05, 0) is 31.7 Å². The first kappa shape index (κ1) is 14.8. The van der Waals surface area contributed by atoms with Gasteiger partial charge in [0, 0.05) is 19.1 Å². The van der Waals surface area contributed by atoms with Gasteiger partial charge in [0.15, 0.2) is 0 Å². The first-order valence-electron chi connectivity index (χ1n) is 6.35. The second-order valence-electron chi connectivity index (χ2n) is 5.38. The molecular weight excluding hydrogens is 229 g/mol. The molecule has 1 aliphatic rings. The lowest BCUT2D eigenvalue weighted by Crippen LogP contribution is -2.42. The smallest absolute Gasteiger partial charge is 0.330 e. The van der Waals surface area contributed by atoms with Gasteiger partial charge < -0.3 is 5.73 Å². The number of alkyl halides is 3. The Hall–Kier alpha value is -0.290. The molecule has 0 spiro atoms. The highest BCUT2D eigenvalue weighted by Crippen LogP contribution is 2.32. The van der Waals surface area contributed by atoms with Crippen LogP contribution in [0.15, 0.2) is 0 Å². The molecule has 1 saturated carbocycles. The van der Waals surface area contributed by atoms with Crippen molar-refractivity contribution in [2.24, 2.45) is 17.6 Å². The molecule has 0 aromatic rings. The molecule has 102 valence electrons. The molecule has 1 aliphatic carbocycles. The second-order valence-corrected chi connectivity index (χ2v) is 5.38. The molecule has 0 heterocycles. The van der Waals surface area contributed by atoms with Crippen LogP contribution in [0.1, 0.15) is 33.1 Å². The molecule has 0 aromatic carbocycles. The van der Waals surface area contributed by atoms with Crippen LogP contribution in [0.4, 0.5) is 13.2 Å². The number of nitrogens with two attached hydrogens (primary N) is 1. The quantitative estimate of drug-likeness (QED) is 0.754. The van der Waals surface area contributed by atoms with Crippen molar-refractivity contribution in [3.05, 3.63) is 0 Å². The molecule has 0 amide bonds. The number of rotatable bonds is 7. The first-order valence-corrected chi connectivity index (χ1v) is 6.35. The Morgan fingerprint density at radius 2 is 1.88 bits per heavy atom. The molecule has 0 saturated heterocycles. The Labute approximate surface area is 101 Å². The van der Waals surface area contributed by atoms with Crippen LogP contribution in [-0.4, -0.2) is 36.8 Å². The fourth-order valence-electron chi connectivity index (χ4n) is 1.88. The van der Waals surface area contributed by atoms with Crippen molar-refractivity contribution in [1.82, 2.24) is 4.90 Å². The van der Waals surface area contributed by atoms with Crippen molar-refractivity contribution >= 4 is 0 Å². The van der Waals surface area contributed by atoms with Crippen molar-refractivity contribution in [1.29, 1.82) is 0 Å². The number of hydrogen-bond donors (Lipinski definition) is 1. The highest BCUT2D eigenvalue weighted by molar-refractivity contribution is 4.87. The zero-order valence-corrected chi connectivity index (χ0v) is 10.6. The van der Waals surface area contributed by atoms with Gasteiger partial charge in [-0.1, -0.05) is 13.8 Å². The number of halogens is 3. The Balaban J connectivity index is 2.47. The summed E-state index contributed by atoms with van der Waals surface area (Å²) in [6, 6.07) is 0.366. The molecule has 0 bridgehead atoms. The maximum atomic E-state index is 12.7. The lowest BCUT2D eigenvalue weighted by atomic mass is 10.1. The van der Waals surface area contributed by atoms with E-state index in [2.05, 4.69) is 13.8 Å². The van der Waals surface area contributed by atoms with E-state index in [9.17, 15) is 13.2 Å². The van der Waals surface area contributed by atoms with E-state index in [0.717, 1.165) is 25.8 Å². The zero-order chi connectivity index (χ0) is 13.1. The number of nitrogens with zero attached hydrogens (tertiary/aromatic N) is 1. The third kappa shape index (κ3) is 5.25. The highest BCUT2D eigenvalue weighted by Gasteiger charge is 2.41. The third-order valence-corrected chi connectivity index (χ3v) is 3.26. The van der Waals surface area contributed by atoms with Crippen LogP contribution < -0.4 is 5.73 Å². The standard InChI is InChI=1S/C12H23F3N2/c1-9(2)5-6-17(11-3-4-11)8-10(7-16)12(13,14)15/h9-11H,3-8,16H2,1-2H3. The molecule has 17 heavy (non-hydrogen) atoms. The molecule has 0 radical (unpaired) electrons. The summed E-state index contributed by atoms with van der Waals surface area (Å²) in [5.74, 6) is -0.853. The van der Waals surface area contributed by atoms with Crippen LogP contribution in [0.3, 0.4) is 0 Å². The van der Waals surface area contributed by atoms with Gasteiger partial charge in [0.05, 0.1) is 5.92 Å². The predicted molar refractivity (Wildman–Crippen MR) is 62.6 cm³/mol. The van der Waals surface area contributed by atoms with Gasteiger partial charge in [0.1, 0.15) is 0 Å². The van der Waals surface area contributed by atoms with Crippen LogP contribution in [0.5, 0.6) is 0 Å². The van der Waals surface area contributed by atoms with Crippen molar-refractivity contribution in [2.75, 3.05) is 19.6 Å². The largest absolute Gasteiger partial charge is 0.394 e. The van der Waals surface area contributed by atoms with E-state index >= 15 is 0 Å². The van der Waals surface area contributed by atoms with Crippen molar-refractivity contribution in [3.63, 3.8) is 0 Å². The van der Waals surface area contributed by atoms with Crippen molar-refractivity contribution < 1.29 is 13.2 Å². The van der Waals surface area contributed by atoms with Crippen LogP contribution in [0.25, 0.3) is 0 Å². The maximum absolute atomic E-state index is 12.7. The molecule has 2 nitrogen and oxygen atoms in total. The highest BCUT2D eigenvalue weighted by atomic mass is 19.4. The summed E-state index contributed by atoms with van der Waals surface area (Å²) in [4.78, 5) is 1.98.